The van der Waals surface area contributed by atoms with Gasteiger partial charge in [-0.25, -0.2) is 9.59 Å². The second-order valence-electron chi connectivity index (χ2n) is 3.19. The van der Waals surface area contributed by atoms with Gasteiger partial charge in [0.2, 0.25) is 0 Å². The fourth-order valence-corrected chi connectivity index (χ4v) is 0.484. The van der Waals surface area contributed by atoms with E-state index in [-0.39, 0.29) is 5.54 Å². The van der Waals surface area contributed by atoms with Gasteiger partial charge in [-0.15, -0.1) is 0 Å². The lowest BCUT2D eigenvalue weighted by atomic mass is 10.1. The fourth-order valence-electron chi connectivity index (χ4n) is 0.484. The van der Waals surface area contributed by atoms with Crippen LogP contribution in [-0.4, -0.2) is 17.6 Å². The maximum absolute atomic E-state index is 10.7. The molecule has 0 aliphatic carbocycles. The molecule has 0 heterocycles. The minimum atomic E-state index is -0.855. The predicted octanol–water partition coefficient (Wildman–Crippen LogP) is 0.163. The molecule has 4 N–H and O–H groups in total. The Morgan fingerprint density at radius 2 is 1.73 bits per heavy atom. The van der Waals surface area contributed by atoms with E-state index in [1.807, 2.05) is 5.32 Å². The standard InChI is InChI=1S/C6H13N3O2/c1-6(2,3)9-5(11)8-4(7)10/h1-3H3,(H4,7,8,9,10,11). The van der Waals surface area contributed by atoms with Crippen LogP contribution in [0.15, 0.2) is 0 Å². The quantitative estimate of drug-likeness (QED) is 0.470. The van der Waals surface area contributed by atoms with Crippen molar-refractivity contribution < 1.29 is 9.59 Å². The highest BCUT2D eigenvalue weighted by Crippen LogP contribution is 1.96. The van der Waals surface area contributed by atoms with Gasteiger partial charge in [-0.3, -0.25) is 5.32 Å². The fraction of sp³-hybridized carbons (Fsp3) is 0.667. The Kier molecular flexibility index (Phi) is 2.86. The van der Waals surface area contributed by atoms with E-state index < -0.39 is 12.1 Å². The summed E-state index contributed by atoms with van der Waals surface area (Å²) in [5.74, 6) is 0. The number of hydrogen-bond acceptors (Lipinski definition) is 2. The molecule has 0 aromatic rings. The van der Waals surface area contributed by atoms with Crippen molar-refractivity contribution in [2.75, 3.05) is 0 Å². The van der Waals surface area contributed by atoms with E-state index in [1.165, 1.54) is 0 Å². The molecule has 11 heavy (non-hydrogen) atoms. The third-order valence-electron chi connectivity index (χ3n) is 0.725. The molecule has 5 nitrogen and oxygen atoms in total. The molecule has 4 amide bonds. The zero-order chi connectivity index (χ0) is 9.07. The second-order valence-corrected chi connectivity index (χ2v) is 3.19. The van der Waals surface area contributed by atoms with Crippen LogP contribution in [0.4, 0.5) is 9.59 Å². The molecule has 0 aliphatic rings. The molecule has 0 bridgehead atoms. The van der Waals surface area contributed by atoms with Crippen LogP contribution in [0.3, 0.4) is 0 Å². The maximum atomic E-state index is 10.7. The van der Waals surface area contributed by atoms with Gasteiger partial charge in [0, 0.05) is 5.54 Å². The van der Waals surface area contributed by atoms with Gasteiger partial charge in [-0.1, -0.05) is 0 Å². The molecule has 0 saturated carbocycles. The summed E-state index contributed by atoms with van der Waals surface area (Å²) in [4.78, 5) is 20.9. The van der Waals surface area contributed by atoms with Crippen LogP contribution in [-0.2, 0) is 0 Å². The number of urea groups is 2. The van der Waals surface area contributed by atoms with Crippen LogP contribution in [0.5, 0.6) is 0 Å². The molecule has 0 aromatic carbocycles. The molecule has 0 saturated heterocycles. The van der Waals surface area contributed by atoms with Gasteiger partial charge in [0.15, 0.2) is 0 Å². The molecule has 0 radical (unpaired) electrons. The molecule has 0 aliphatic heterocycles. The number of nitrogens with two attached hydrogens (primary N) is 1. The highest BCUT2D eigenvalue weighted by molar-refractivity contribution is 5.92. The van der Waals surface area contributed by atoms with E-state index >= 15 is 0 Å². The second kappa shape index (κ2) is 3.23. The van der Waals surface area contributed by atoms with Crippen LogP contribution in [0.2, 0.25) is 0 Å². The van der Waals surface area contributed by atoms with Crippen molar-refractivity contribution in [2.45, 2.75) is 26.3 Å². The number of amides is 4. The predicted molar refractivity (Wildman–Crippen MR) is 41.0 cm³/mol. The first-order valence-corrected chi connectivity index (χ1v) is 3.20. The Balaban J connectivity index is 3.80. The average molecular weight is 159 g/mol. The molecule has 0 rings (SSSR count). The number of imide groups is 1. The van der Waals surface area contributed by atoms with E-state index in [1.54, 1.807) is 20.8 Å². The van der Waals surface area contributed by atoms with Crippen molar-refractivity contribution in [3.05, 3.63) is 0 Å². The SMILES string of the molecule is CC(C)(C)NC(=O)NC(N)=O. The molecule has 5 heteroatoms. The van der Waals surface area contributed by atoms with E-state index in [4.69, 9.17) is 5.73 Å². The number of hydrogen-bond donors (Lipinski definition) is 3. The summed E-state index contributed by atoms with van der Waals surface area (Å²) in [6.07, 6.45) is 0. The van der Waals surface area contributed by atoms with Gasteiger partial charge in [0.25, 0.3) is 0 Å². The highest BCUT2D eigenvalue weighted by Gasteiger charge is 2.13. The number of carbonyl (C=O) groups is 2. The summed E-state index contributed by atoms with van der Waals surface area (Å²) < 4.78 is 0. The smallest absolute Gasteiger partial charge is 0.323 e. The van der Waals surface area contributed by atoms with Crippen LogP contribution < -0.4 is 16.4 Å². The number of primary amides is 1. The minimum Gasteiger partial charge on any atom is -0.351 e. The van der Waals surface area contributed by atoms with E-state index in [9.17, 15) is 9.59 Å². The summed E-state index contributed by atoms with van der Waals surface area (Å²) in [6, 6.07) is -1.43. The van der Waals surface area contributed by atoms with Crippen LogP contribution in [0, 0.1) is 0 Å². The lowest BCUT2D eigenvalue weighted by Gasteiger charge is -2.19. The van der Waals surface area contributed by atoms with Gasteiger partial charge in [-0.05, 0) is 20.8 Å². The van der Waals surface area contributed by atoms with Gasteiger partial charge >= 0.3 is 12.1 Å². The molecule has 64 valence electrons. The molecule has 0 unspecified atom stereocenters. The normalized spacial score (nSPS) is 10.5. The van der Waals surface area contributed by atoms with E-state index in [0.717, 1.165) is 0 Å². The molecule has 0 fully saturated rings. The summed E-state index contributed by atoms with van der Waals surface area (Å²) in [5, 5.41) is 4.39. The van der Waals surface area contributed by atoms with Gasteiger partial charge in [0.1, 0.15) is 0 Å². The molecule has 0 aromatic heterocycles. The lowest BCUT2D eigenvalue weighted by Crippen LogP contribution is -2.49. The number of nitrogens with one attached hydrogen (secondary N) is 2. The summed E-state index contributed by atoms with van der Waals surface area (Å²) in [7, 11) is 0. The van der Waals surface area contributed by atoms with E-state index in [0.29, 0.717) is 0 Å². The Bertz CT molecular complexity index is 171. The van der Waals surface area contributed by atoms with Crippen molar-refractivity contribution in [3.63, 3.8) is 0 Å². The summed E-state index contributed by atoms with van der Waals surface area (Å²) in [5.41, 5.74) is 4.34. The van der Waals surface area contributed by atoms with Gasteiger partial charge in [0.05, 0.1) is 0 Å². The summed E-state index contributed by atoms with van der Waals surface area (Å²) in [6.45, 7) is 5.40. The van der Waals surface area contributed by atoms with Crippen molar-refractivity contribution in [1.82, 2.24) is 10.6 Å². The Morgan fingerprint density at radius 3 is 2.00 bits per heavy atom. The van der Waals surface area contributed by atoms with Gasteiger partial charge < -0.3 is 11.1 Å². The zero-order valence-corrected chi connectivity index (χ0v) is 6.89. The lowest BCUT2D eigenvalue weighted by molar-refractivity contribution is 0.225. The van der Waals surface area contributed by atoms with Gasteiger partial charge in [-0.2, -0.15) is 0 Å². The first kappa shape index (κ1) is 9.74. The van der Waals surface area contributed by atoms with Crippen molar-refractivity contribution in [2.24, 2.45) is 5.73 Å². The first-order chi connectivity index (χ1) is 4.81. The third kappa shape index (κ3) is 6.63. The maximum Gasteiger partial charge on any atom is 0.323 e. The van der Waals surface area contributed by atoms with Crippen LogP contribution in [0.25, 0.3) is 0 Å². The monoisotopic (exact) mass is 159 g/mol. The Hall–Kier alpha value is -1.26. The highest BCUT2D eigenvalue weighted by atomic mass is 16.2. The number of rotatable bonds is 0. The van der Waals surface area contributed by atoms with E-state index in [2.05, 4.69) is 5.32 Å². The minimum absolute atomic E-state index is 0.362. The molecular weight excluding hydrogens is 146 g/mol. The van der Waals surface area contributed by atoms with Crippen molar-refractivity contribution in [3.8, 4) is 0 Å². The van der Waals surface area contributed by atoms with Crippen LogP contribution in [0.1, 0.15) is 20.8 Å². The topological polar surface area (TPSA) is 84.2 Å². The zero-order valence-electron chi connectivity index (χ0n) is 6.89. The van der Waals surface area contributed by atoms with Crippen molar-refractivity contribution in [1.29, 1.82) is 0 Å². The largest absolute Gasteiger partial charge is 0.351 e. The average Bonchev–Trinajstić information content (AvgIpc) is 1.53. The summed E-state index contributed by atoms with van der Waals surface area (Å²) >= 11 is 0. The van der Waals surface area contributed by atoms with Crippen LogP contribution >= 0.6 is 0 Å². The first-order valence-electron chi connectivity index (χ1n) is 3.20. The molecule has 0 spiro atoms. The molecular formula is C6H13N3O2. The Morgan fingerprint density at radius 1 is 1.27 bits per heavy atom. The molecule has 0 atom stereocenters. The third-order valence-corrected chi connectivity index (χ3v) is 0.725. The Labute approximate surface area is 65.3 Å². The number of carbonyl (C=O) groups excluding carboxylic acids is 2. The van der Waals surface area contributed by atoms with Crippen molar-refractivity contribution >= 4 is 12.1 Å².